The van der Waals surface area contributed by atoms with Crippen molar-refractivity contribution >= 4 is 5.91 Å². The van der Waals surface area contributed by atoms with E-state index >= 15 is 0 Å². The van der Waals surface area contributed by atoms with Gasteiger partial charge in [-0.1, -0.05) is 0 Å². The lowest BCUT2D eigenvalue weighted by atomic mass is 10.2. The van der Waals surface area contributed by atoms with Gasteiger partial charge in [-0.3, -0.25) is 9.78 Å². The van der Waals surface area contributed by atoms with Crippen LogP contribution >= 0.6 is 0 Å². The fourth-order valence-corrected chi connectivity index (χ4v) is 0.972. The van der Waals surface area contributed by atoms with Crippen LogP contribution in [0.15, 0.2) is 18.5 Å². The van der Waals surface area contributed by atoms with Crippen molar-refractivity contribution in [3.05, 3.63) is 24.0 Å². The zero-order chi connectivity index (χ0) is 12.2. The molecule has 1 aromatic rings. The number of aromatic hydroxyl groups is 1. The Morgan fingerprint density at radius 1 is 1.44 bits per heavy atom. The highest BCUT2D eigenvalue weighted by Gasteiger charge is 2.26. The van der Waals surface area contributed by atoms with Gasteiger partial charge in [0.25, 0.3) is 5.91 Å². The Kier molecular flexibility index (Phi) is 3.70. The van der Waals surface area contributed by atoms with Crippen LogP contribution in [0.25, 0.3) is 0 Å². The number of carbonyl (C=O) groups is 1. The lowest BCUT2D eigenvalue weighted by Crippen LogP contribution is -2.27. The van der Waals surface area contributed by atoms with Crippen molar-refractivity contribution in [2.75, 3.05) is 6.54 Å². The summed E-state index contributed by atoms with van der Waals surface area (Å²) in [5.74, 6) is -0.920. The molecule has 0 saturated carbocycles. The van der Waals surface area contributed by atoms with Gasteiger partial charge in [0.2, 0.25) is 0 Å². The highest BCUT2D eigenvalue weighted by molar-refractivity contribution is 5.94. The van der Waals surface area contributed by atoms with Crippen LogP contribution in [0.2, 0.25) is 0 Å². The predicted octanol–water partition coefficient (Wildman–Crippen LogP) is 1.47. The Balaban J connectivity index is 2.47. The molecule has 1 aromatic heterocycles. The SMILES string of the molecule is O=C(NCCC(F)(F)F)c1cncc(O)c1. The number of carbonyl (C=O) groups excluding carboxylic acids is 1. The number of amides is 1. The first-order valence-corrected chi connectivity index (χ1v) is 4.37. The van der Waals surface area contributed by atoms with Crippen LogP contribution in [0.5, 0.6) is 5.75 Å². The second-order valence-electron chi connectivity index (χ2n) is 3.05. The molecule has 2 N–H and O–H groups in total. The van der Waals surface area contributed by atoms with Gasteiger partial charge in [0.05, 0.1) is 18.2 Å². The number of nitrogens with one attached hydrogen (secondary N) is 1. The third-order valence-electron chi connectivity index (χ3n) is 1.68. The minimum atomic E-state index is -4.30. The molecule has 0 unspecified atom stereocenters. The Morgan fingerprint density at radius 2 is 2.12 bits per heavy atom. The molecule has 0 spiro atoms. The Hall–Kier alpha value is -1.79. The highest BCUT2D eigenvalue weighted by atomic mass is 19.4. The first-order chi connectivity index (χ1) is 7.38. The molecule has 0 aromatic carbocycles. The third-order valence-corrected chi connectivity index (χ3v) is 1.68. The second-order valence-corrected chi connectivity index (χ2v) is 3.05. The van der Waals surface area contributed by atoms with Crippen molar-refractivity contribution in [3.8, 4) is 5.75 Å². The summed E-state index contributed by atoms with van der Waals surface area (Å²) in [5.41, 5.74) is 0.0159. The molecule has 0 radical (unpaired) electrons. The number of aromatic nitrogens is 1. The summed E-state index contributed by atoms with van der Waals surface area (Å²) < 4.78 is 35.3. The summed E-state index contributed by atoms with van der Waals surface area (Å²) in [6.07, 6.45) is -3.12. The van der Waals surface area contributed by atoms with Gasteiger partial charge in [0, 0.05) is 12.7 Å². The standard InChI is InChI=1S/C9H9F3N2O2/c10-9(11,12)1-2-14-8(16)6-3-7(15)5-13-4-6/h3-5,15H,1-2H2,(H,14,16). The van der Waals surface area contributed by atoms with Gasteiger partial charge in [-0.15, -0.1) is 0 Å². The van der Waals surface area contributed by atoms with E-state index in [0.29, 0.717) is 0 Å². The van der Waals surface area contributed by atoms with Gasteiger partial charge in [0.1, 0.15) is 5.75 Å². The van der Waals surface area contributed by atoms with Crippen molar-refractivity contribution in [1.29, 1.82) is 0 Å². The van der Waals surface area contributed by atoms with E-state index in [1.807, 2.05) is 0 Å². The van der Waals surface area contributed by atoms with E-state index in [1.54, 1.807) is 0 Å². The first-order valence-electron chi connectivity index (χ1n) is 4.37. The zero-order valence-corrected chi connectivity index (χ0v) is 8.08. The van der Waals surface area contributed by atoms with Gasteiger partial charge in [-0.25, -0.2) is 0 Å². The van der Waals surface area contributed by atoms with Gasteiger partial charge in [-0.2, -0.15) is 13.2 Å². The van der Waals surface area contributed by atoms with Crippen molar-refractivity contribution < 1.29 is 23.1 Å². The number of hydrogen-bond donors (Lipinski definition) is 2. The van der Waals surface area contributed by atoms with Crippen LogP contribution < -0.4 is 5.32 Å². The van der Waals surface area contributed by atoms with Crippen LogP contribution in [0.1, 0.15) is 16.8 Å². The van der Waals surface area contributed by atoms with Crippen molar-refractivity contribution in [2.45, 2.75) is 12.6 Å². The molecule has 88 valence electrons. The molecular weight excluding hydrogens is 225 g/mol. The molecule has 7 heteroatoms. The molecular formula is C9H9F3N2O2. The van der Waals surface area contributed by atoms with Crippen molar-refractivity contribution in [3.63, 3.8) is 0 Å². The molecule has 0 bridgehead atoms. The molecule has 0 atom stereocenters. The Bertz CT molecular complexity index is 379. The molecule has 0 aliphatic heterocycles. The van der Waals surface area contributed by atoms with Crippen LogP contribution in [0.3, 0.4) is 0 Å². The number of pyridine rings is 1. The average Bonchev–Trinajstić information content (AvgIpc) is 2.15. The summed E-state index contributed by atoms with van der Waals surface area (Å²) in [4.78, 5) is 14.8. The molecule has 0 saturated heterocycles. The molecule has 1 rings (SSSR count). The average molecular weight is 234 g/mol. The van der Waals surface area contributed by atoms with Gasteiger partial charge in [-0.05, 0) is 6.07 Å². The fraction of sp³-hybridized carbons (Fsp3) is 0.333. The smallest absolute Gasteiger partial charge is 0.390 e. The van der Waals surface area contributed by atoms with E-state index in [1.165, 1.54) is 0 Å². The highest BCUT2D eigenvalue weighted by Crippen LogP contribution is 2.18. The monoisotopic (exact) mass is 234 g/mol. The first kappa shape index (κ1) is 12.3. The minimum Gasteiger partial charge on any atom is -0.506 e. The molecule has 0 aliphatic carbocycles. The molecule has 0 fully saturated rings. The lowest BCUT2D eigenvalue weighted by Gasteiger charge is -2.07. The summed E-state index contributed by atoms with van der Waals surface area (Å²) >= 11 is 0. The Labute approximate surface area is 89.1 Å². The zero-order valence-electron chi connectivity index (χ0n) is 8.08. The van der Waals surface area contributed by atoms with Gasteiger partial charge in [0.15, 0.2) is 0 Å². The van der Waals surface area contributed by atoms with Crippen LogP contribution in [0.4, 0.5) is 13.2 Å². The Morgan fingerprint density at radius 3 is 2.69 bits per heavy atom. The third kappa shape index (κ3) is 4.16. The molecule has 1 amide bonds. The largest absolute Gasteiger partial charge is 0.506 e. The molecule has 1 heterocycles. The quantitative estimate of drug-likeness (QED) is 0.832. The number of nitrogens with zero attached hydrogens (tertiary/aromatic N) is 1. The normalized spacial score (nSPS) is 11.2. The van der Waals surface area contributed by atoms with E-state index < -0.39 is 25.0 Å². The summed E-state index contributed by atoms with van der Waals surface area (Å²) in [6.45, 7) is -0.502. The maximum atomic E-state index is 11.8. The van der Waals surface area contributed by atoms with E-state index in [-0.39, 0.29) is 11.3 Å². The van der Waals surface area contributed by atoms with Crippen LogP contribution in [-0.2, 0) is 0 Å². The van der Waals surface area contributed by atoms with E-state index in [4.69, 9.17) is 5.11 Å². The molecule has 0 aliphatic rings. The fourth-order valence-electron chi connectivity index (χ4n) is 0.972. The number of rotatable bonds is 3. The molecule has 4 nitrogen and oxygen atoms in total. The summed E-state index contributed by atoms with van der Waals surface area (Å²) in [7, 11) is 0. The molecule has 16 heavy (non-hydrogen) atoms. The number of alkyl halides is 3. The van der Waals surface area contributed by atoms with Crippen LogP contribution in [0, 0.1) is 0 Å². The summed E-state index contributed by atoms with van der Waals surface area (Å²) in [6, 6.07) is 1.12. The van der Waals surface area contributed by atoms with Gasteiger partial charge < -0.3 is 10.4 Å². The van der Waals surface area contributed by atoms with Crippen molar-refractivity contribution in [2.24, 2.45) is 0 Å². The predicted molar refractivity (Wildman–Crippen MR) is 48.9 cm³/mol. The number of hydrogen-bond acceptors (Lipinski definition) is 3. The summed E-state index contributed by atoms with van der Waals surface area (Å²) in [5, 5.41) is 11.1. The second kappa shape index (κ2) is 4.82. The van der Waals surface area contributed by atoms with E-state index in [0.717, 1.165) is 18.5 Å². The van der Waals surface area contributed by atoms with E-state index in [9.17, 15) is 18.0 Å². The number of halogens is 3. The lowest BCUT2D eigenvalue weighted by molar-refractivity contribution is -0.132. The van der Waals surface area contributed by atoms with Gasteiger partial charge >= 0.3 is 6.18 Å². The van der Waals surface area contributed by atoms with Crippen LogP contribution in [-0.4, -0.2) is 28.7 Å². The minimum absolute atomic E-state index is 0.0159. The van der Waals surface area contributed by atoms with E-state index in [2.05, 4.69) is 10.3 Å². The van der Waals surface area contributed by atoms with Crippen molar-refractivity contribution in [1.82, 2.24) is 10.3 Å². The maximum Gasteiger partial charge on any atom is 0.390 e. The maximum absolute atomic E-state index is 11.8. The topological polar surface area (TPSA) is 62.2 Å².